The van der Waals surface area contributed by atoms with E-state index in [1.807, 2.05) is 31.5 Å². The number of nitrogens with zero attached hydrogens (tertiary/aromatic N) is 2. The minimum atomic E-state index is 0.0737. The molecule has 1 aromatic carbocycles. The van der Waals surface area contributed by atoms with Crippen LogP contribution >= 0.6 is 11.8 Å². The Hall–Kier alpha value is -1.75. The second kappa shape index (κ2) is 8.20. The van der Waals surface area contributed by atoms with Crippen LogP contribution in [0.25, 0.3) is 0 Å². The molecule has 0 bridgehead atoms. The van der Waals surface area contributed by atoms with Crippen LogP contribution in [0.1, 0.15) is 36.3 Å². The molecule has 0 aliphatic rings. The van der Waals surface area contributed by atoms with Gasteiger partial charge in [0.05, 0.1) is 11.7 Å². The number of carbonyl (C=O) groups excluding carboxylic acids is 1. The van der Waals surface area contributed by atoms with Gasteiger partial charge >= 0.3 is 0 Å². The molecule has 0 saturated heterocycles. The lowest BCUT2D eigenvalue weighted by molar-refractivity contribution is -0.121. The Labute approximate surface area is 142 Å². The van der Waals surface area contributed by atoms with Gasteiger partial charge in [0.2, 0.25) is 5.91 Å². The third kappa shape index (κ3) is 5.13. The van der Waals surface area contributed by atoms with E-state index in [2.05, 4.69) is 40.9 Å². The summed E-state index contributed by atoms with van der Waals surface area (Å²) in [4.78, 5) is 13.3. The molecule has 0 aliphatic heterocycles. The summed E-state index contributed by atoms with van der Waals surface area (Å²) in [7, 11) is 0. The fourth-order valence-electron chi connectivity index (χ4n) is 2.66. The van der Waals surface area contributed by atoms with Crippen molar-refractivity contribution in [3.63, 3.8) is 0 Å². The first-order valence-corrected chi connectivity index (χ1v) is 9.14. The molecule has 23 heavy (non-hydrogen) atoms. The molecule has 5 heteroatoms. The molecule has 2 rings (SSSR count). The Kier molecular flexibility index (Phi) is 6.28. The summed E-state index contributed by atoms with van der Waals surface area (Å²) in [6.45, 7) is 6.69. The van der Waals surface area contributed by atoms with Gasteiger partial charge in [-0.15, -0.1) is 11.8 Å². The highest BCUT2D eigenvalue weighted by Gasteiger charge is 2.13. The highest BCUT2D eigenvalue weighted by atomic mass is 32.2. The second-order valence-electron chi connectivity index (χ2n) is 5.87. The number of nitrogens with one attached hydrogen (secondary N) is 1. The second-order valence-corrected chi connectivity index (χ2v) is 6.75. The first-order chi connectivity index (χ1) is 11.0. The Bertz CT molecular complexity index is 649. The molecule has 1 atom stereocenters. The topological polar surface area (TPSA) is 46.9 Å². The zero-order chi connectivity index (χ0) is 16.8. The summed E-state index contributed by atoms with van der Waals surface area (Å²) in [6, 6.07) is 10.6. The smallest absolute Gasteiger partial charge is 0.222 e. The predicted molar refractivity (Wildman–Crippen MR) is 96.0 cm³/mol. The van der Waals surface area contributed by atoms with Crippen LogP contribution in [0, 0.1) is 13.8 Å². The van der Waals surface area contributed by atoms with Gasteiger partial charge in [0.15, 0.2) is 0 Å². The van der Waals surface area contributed by atoms with Gasteiger partial charge in [-0.25, -0.2) is 0 Å². The summed E-state index contributed by atoms with van der Waals surface area (Å²) in [5, 5.41) is 7.44. The van der Waals surface area contributed by atoms with Gasteiger partial charge < -0.3 is 5.32 Å². The van der Waals surface area contributed by atoms with Gasteiger partial charge in [0.25, 0.3) is 0 Å². The van der Waals surface area contributed by atoms with Crippen LogP contribution in [0.4, 0.5) is 0 Å². The van der Waals surface area contributed by atoms with Gasteiger partial charge in [0.1, 0.15) is 0 Å². The molecule has 1 aromatic heterocycles. The van der Waals surface area contributed by atoms with E-state index in [0.29, 0.717) is 13.0 Å². The van der Waals surface area contributed by atoms with E-state index in [0.717, 1.165) is 17.8 Å². The normalized spacial score (nSPS) is 12.2. The third-order valence-corrected chi connectivity index (χ3v) is 4.58. The fraction of sp³-hybridized carbons (Fsp3) is 0.444. The van der Waals surface area contributed by atoms with Crippen molar-refractivity contribution in [2.24, 2.45) is 0 Å². The van der Waals surface area contributed by atoms with E-state index < -0.39 is 0 Å². The number of amides is 1. The van der Waals surface area contributed by atoms with Crippen LogP contribution in [0.2, 0.25) is 0 Å². The van der Waals surface area contributed by atoms with Crippen LogP contribution in [0.5, 0.6) is 0 Å². The highest BCUT2D eigenvalue weighted by molar-refractivity contribution is 7.98. The zero-order valence-corrected chi connectivity index (χ0v) is 15.1. The highest BCUT2D eigenvalue weighted by Crippen LogP contribution is 2.15. The number of rotatable bonds is 7. The standard InChI is InChI=1S/C18H25N3OS/c1-13-11-14(2)21(20-13)15(3)12-18(22)19-10-9-16-5-7-17(23-4)8-6-16/h5-8,11,15H,9-10,12H2,1-4H3,(H,19,22). The molecule has 0 aliphatic carbocycles. The monoisotopic (exact) mass is 331 g/mol. The van der Waals surface area contributed by atoms with Crippen molar-refractivity contribution in [3.8, 4) is 0 Å². The molecule has 1 unspecified atom stereocenters. The first kappa shape index (κ1) is 17.6. The first-order valence-electron chi connectivity index (χ1n) is 7.92. The maximum atomic E-state index is 12.1. The number of aromatic nitrogens is 2. The molecule has 0 radical (unpaired) electrons. The lowest BCUT2D eigenvalue weighted by Gasteiger charge is -2.14. The van der Waals surface area contributed by atoms with Crippen molar-refractivity contribution >= 4 is 17.7 Å². The van der Waals surface area contributed by atoms with Crippen molar-refractivity contribution in [2.45, 2.75) is 44.6 Å². The van der Waals surface area contributed by atoms with Crippen molar-refractivity contribution in [1.82, 2.24) is 15.1 Å². The molecule has 0 saturated carbocycles. The Morgan fingerprint density at radius 3 is 2.57 bits per heavy atom. The lowest BCUT2D eigenvalue weighted by atomic mass is 10.1. The summed E-state index contributed by atoms with van der Waals surface area (Å²) in [5.74, 6) is 0.0748. The lowest BCUT2D eigenvalue weighted by Crippen LogP contribution is -2.28. The van der Waals surface area contributed by atoms with Gasteiger partial charge in [0, 0.05) is 23.6 Å². The number of aryl methyl sites for hydroxylation is 2. The average Bonchev–Trinajstić information content (AvgIpc) is 2.86. The SMILES string of the molecule is CSc1ccc(CCNC(=O)CC(C)n2nc(C)cc2C)cc1. The van der Waals surface area contributed by atoms with E-state index in [1.54, 1.807) is 11.8 Å². The van der Waals surface area contributed by atoms with Crippen molar-refractivity contribution in [1.29, 1.82) is 0 Å². The molecule has 2 aromatic rings. The summed E-state index contributed by atoms with van der Waals surface area (Å²) >= 11 is 1.74. The number of benzene rings is 1. The van der Waals surface area contributed by atoms with Crippen LogP contribution in [0.15, 0.2) is 35.2 Å². The summed E-state index contributed by atoms with van der Waals surface area (Å²) < 4.78 is 1.93. The summed E-state index contributed by atoms with van der Waals surface area (Å²) in [5.41, 5.74) is 3.33. The Morgan fingerprint density at radius 2 is 2.00 bits per heavy atom. The maximum absolute atomic E-state index is 12.1. The maximum Gasteiger partial charge on any atom is 0.222 e. The van der Waals surface area contributed by atoms with E-state index in [4.69, 9.17) is 0 Å². The number of carbonyl (C=O) groups is 1. The van der Waals surface area contributed by atoms with Gasteiger partial charge in [-0.1, -0.05) is 12.1 Å². The average molecular weight is 331 g/mol. The molecular weight excluding hydrogens is 306 g/mol. The zero-order valence-electron chi connectivity index (χ0n) is 14.3. The number of hydrogen-bond acceptors (Lipinski definition) is 3. The molecule has 0 fully saturated rings. The number of thioether (sulfide) groups is 1. The Balaban J connectivity index is 1.77. The predicted octanol–water partition coefficient (Wildman–Crippen LogP) is 3.53. The van der Waals surface area contributed by atoms with Gasteiger partial charge in [-0.3, -0.25) is 9.48 Å². The van der Waals surface area contributed by atoms with E-state index in [9.17, 15) is 4.79 Å². The molecular formula is C18H25N3OS. The molecule has 1 N–H and O–H groups in total. The minimum Gasteiger partial charge on any atom is -0.356 e. The van der Waals surface area contributed by atoms with Crippen LogP contribution in [0.3, 0.4) is 0 Å². The molecule has 0 spiro atoms. The van der Waals surface area contributed by atoms with E-state index in [-0.39, 0.29) is 11.9 Å². The Morgan fingerprint density at radius 1 is 1.30 bits per heavy atom. The van der Waals surface area contributed by atoms with Crippen LogP contribution < -0.4 is 5.32 Å². The van der Waals surface area contributed by atoms with E-state index >= 15 is 0 Å². The fourth-order valence-corrected chi connectivity index (χ4v) is 3.07. The van der Waals surface area contributed by atoms with E-state index in [1.165, 1.54) is 10.5 Å². The molecule has 1 amide bonds. The van der Waals surface area contributed by atoms with Crippen molar-refractivity contribution in [2.75, 3.05) is 12.8 Å². The van der Waals surface area contributed by atoms with Crippen LogP contribution in [-0.2, 0) is 11.2 Å². The molecule has 1 heterocycles. The summed E-state index contributed by atoms with van der Waals surface area (Å²) in [6.07, 6.45) is 3.38. The quantitative estimate of drug-likeness (QED) is 0.790. The number of hydrogen-bond donors (Lipinski definition) is 1. The van der Waals surface area contributed by atoms with Gasteiger partial charge in [-0.05, 0) is 57.2 Å². The minimum absolute atomic E-state index is 0.0737. The molecule has 4 nitrogen and oxygen atoms in total. The largest absolute Gasteiger partial charge is 0.356 e. The van der Waals surface area contributed by atoms with Crippen LogP contribution in [-0.4, -0.2) is 28.5 Å². The van der Waals surface area contributed by atoms with Gasteiger partial charge in [-0.2, -0.15) is 5.10 Å². The molecule has 124 valence electrons. The third-order valence-electron chi connectivity index (χ3n) is 3.84. The van der Waals surface area contributed by atoms with Crippen molar-refractivity contribution < 1.29 is 4.79 Å². The van der Waals surface area contributed by atoms with Crippen molar-refractivity contribution in [3.05, 3.63) is 47.3 Å².